The van der Waals surface area contributed by atoms with Gasteiger partial charge in [-0.25, -0.2) is 4.79 Å². The summed E-state index contributed by atoms with van der Waals surface area (Å²) in [5.41, 5.74) is 0.0327. The van der Waals surface area contributed by atoms with E-state index in [1.807, 2.05) is 39.0 Å². The van der Waals surface area contributed by atoms with Crippen LogP contribution >= 0.6 is 0 Å². The summed E-state index contributed by atoms with van der Waals surface area (Å²) in [6.45, 7) is 6.73. The van der Waals surface area contributed by atoms with Gasteiger partial charge < -0.3 is 20.1 Å². The Morgan fingerprint density at radius 1 is 1.23 bits per heavy atom. The van der Waals surface area contributed by atoms with E-state index in [1.165, 1.54) is 0 Å². The van der Waals surface area contributed by atoms with Gasteiger partial charge in [0.05, 0.1) is 6.04 Å². The van der Waals surface area contributed by atoms with Gasteiger partial charge in [0.2, 0.25) is 5.91 Å². The molecule has 0 bridgehead atoms. The fourth-order valence-electron chi connectivity index (χ4n) is 4.89. The number of hydrogen-bond acceptors (Lipinski definition) is 5. The van der Waals surface area contributed by atoms with Gasteiger partial charge in [-0.2, -0.15) is 0 Å². The van der Waals surface area contributed by atoms with E-state index >= 15 is 0 Å². The number of nitrogens with zero attached hydrogens (tertiary/aromatic N) is 1. The molecule has 1 aliphatic carbocycles. The monoisotopic (exact) mass is 429 g/mol. The Balaban J connectivity index is 1.46. The van der Waals surface area contributed by atoms with Crippen LogP contribution in [0.1, 0.15) is 58.1 Å². The van der Waals surface area contributed by atoms with Gasteiger partial charge in [-0.15, -0.1) is 0 Å². The van der Waals surface area contributed by atoms with Gasteiger partial charge in [-0.3, -0.25) is 14.5 Å². The van der Waals surface area contributed by atoms with Crippen LogP contribution in [-0.4, -0.2) is 48.0 Å². The number of rotatable bonds is 5. The van der Waals surface area contributed by atoms with Crippen LogP contribution < -0.4 is 20.1 Å². The molecule has 4 rings (SSSR count). The first-order valence-corrected chi connectivity index (χ1v) is 11.1. The number of hydrogen-bond donors (Lipinski definition) is 2. The van der Waals surface area contributed by atoms with Crippen molar-refractivity contribution in [3.63, 3.8) is 0 Å². The summed E-state index contributed by atoms with van der Waals surface area (Å²) in [7, 11) is 0. The predicted octanol–water partition coefficient (Wildman–Crippen LogP) is 2.77. The summed E-state index contributed by atoms with van der Waals surface area (Å²) < 4.78 is 11.2. The minimum atomic E-state index is -0.858. The number of fused-ring (bicyclic) bond motifs is 1. The Hall–Kier alpha value is -2.77. The van der Waals surface area contributed by atoms with Crippen LogP contribution in [0.15, 0.2) is 18.2 Å². The van der Waals surface area contributed by atoms with Crippen molar-refractivity contribution in [2.24, 2.45) is 11.8 Å². The summed E-state index contributed by atoms with van der Waals surface area (Å²) in [6.07, 6.45) is 3.47. The lowest BCUT2D eigenvalue weighted by Gasteiger charge is -2.36. The number of carbonyl (C=O) groups is 3. The number of amides is 4. The molecule has 1 aromatic carbocycles. The lowest BCUT2D eigenvalue weighted by atomic mass is 9.73. The van der Waals surface area contributed by atoms with Crippen LogP contribution in [0.3, 0.4) is 0 Å². The molecule has 3 aliphatic rings. The molecule has 1 spiro atoms. The molecule has 2 N–H and O–H groups in total. The van der Waals surface area contributed by atoms with Crippen molar-refractivity contribution in [3.05, 3.63) is 23.8 Å². The van der Waals surface area contributed by atoms with Crippen molar-refractivity contribution in [2.75, 3.05) is 19.8 Å². The summed E-state index contributed by atoms with van der Waals surface area (Å²) in [5, 5.41) is 5.89. The van der Waals surface area contributed by atoms with Crippen LogP contribution in [0.4, 0.5) is 4.79 Å². The molecule has 2 aliphatic heterocycles. The summed E-state index contributed by atoms with van der Waals surface area (Å²) >= 11 is 0. The molecule has 8 heteroatoms. The number of urea groups is 1. The van der Waals surface area contributed by atoms with E-state index in [-0.39, 0.29) is 36.2 Å². The molecule has 0 aromatic heterocycles. The molecule has 0 radical (unpaired) electrons. The van der Waals surface area contributed by atoms with Gasteiger partial charge in [0.25, 0.3) is 5.91 Å². The highest BCUT2D eigenvalue weighted by Gasteiger charge is 2.55. The van der Waals surface area contributed by atoms with E-state index in [1.54, 1.807) is 0 Å². The molecular weight excluding hydrogens is 398 g/mol. The third-order valence-electron chi connectivity index (χ3n) is 6.71. The quantitative estimate of drug-likeness (QED) is 0.702. The smallest absolute Gasteiger partial charge is 0.325 e. The molecule has 2 fully saturated rings. The average Bonchev–Trinajstić information content (AvgIpc) is 2.98. The van der Waals surface area contributed by atoms with Crippen molar-refractivity contribution in [3.8, 4) is 11.5 Å². The second-order valence-corrected chi connectivity index (χ2v) is 9.13. The third-order valence-corrected chi connectivity index (χ3v) is 6.71. The zero-order valence-electron chi connectivity index (χ0n) is 18.4. The van der Waals surface area contributed by atoms with Crippen LogP contribution in [0, 0.1) is 11.8 Å². The second kappa shape index (κ2) is 8.40. The molecular formula is C23H31N3O5. The first-order valence-electron chi connectivity index (χ1n) is 11.1. The van der Waals surface area contributed by atoms with Gasteiger partial charge in [0.15, 0.2) is 11.5 Å². The number of benzene rings is 1. The predicted molar refractivity (Wildman–Crippen MR) is 114 cm³/mol. The van der Waals surface area contributed by atoms with Gasteiger partial charge in [0.1, 0.15) is 25.3 Å². The molecule has 31 heavy (non-hydrogen) atoms. The Labute approximate surface area is 182 Å². The number of carbonyl (C=O) groups excluding carboxylic acids is 3. The molecule has 168 valence electrons. The van der Waals surface area contributed by atoms with Crippen molar-refractivity contribution in [2.45, 2.75) is 58.0 Å². The zero-order valence-corrected chi connectivity index (χ0v) is 18.4. The van der Waals surface area contributed by atoms with Gasteiger partial charge >= 0.3 is 6.03 Å². The highest BCUT2D eigenvalue weighted by atomic mass is 16.6. The van der Waals surface area contributed by atoms with Crippen LogP contribution in [0.25, 0.3) is 0 Å². The molecule has 1 saturated heterocycles. The number of ether oxygens (including phenoxy) is 2. The van der Waals surface area contributed by atoms with Crippen molar-refractivity contribution >= 4 is 17.8 Å². The molecule has 8 nitrogen and oxygen atoms in total. The molecule has 1 saturated carbocycles. The lowest BCUT2D eigenvalue weighted by molar-refractivity contribution is -0.137. The number of nitrogens with one attached hydrogen (secondary N) is 2. The van der Waals surface area contributed by atoms with Gasteiger partial charge in [-0.05, 0) is 42.4 Å². The fourth-order valence-corrected chi connectivity index (χ4v) is 4.89. The molecule has 3 atom stereocenters. The van der Waals surface area contributed by atoms with E-state index in [0.717, 1.165) is 29.7 Å². The molecule has 0 unspecified atom stereocenters. The molecule has 4 amide bonds. The minimum absolute atomic E-state index is 0.0619. The SMILES string of the molecule is CC(C)[C@@H](NC(=O)CN1C(=O)N[C@@]2(CCCC[C@H]2C)C1=O)c1ccc2c(c1)OCCO2. The maximum Gasteiger partial charge on any atom is 0.325 e. The van der Waals surface area contributed by atoms with Gasteiger partial charge in [-0.1, -0.05) is 39.7 Å². The summed E-state index contributed by atoms with van der Waals surface area (Å²) in [4.78, 5) is 39.6. The van der Waals surface area contributed by atoms with E-state index < -0.39 is 11.6 Å². The fraction of sp³-hybridized carbons (Fsp3) is 0.609. The standard InChI is InChI=1S/C23H31N3O5/c1-14(2)20(16-7-8-17-18(12-16)31-11-10-30-17)24-19(27)13-26-21(28)23(25-22(26)29)9-5-4-6-15(23)3/h7-8,12,14-15,20H,4-6,9-11,13H2,1-3H3,(H,24,27)(H,25,29)/t15-,20-,23-/m1/s1. The largest absolute Gasteiger partial charge is 0.486 e. The van der Waals surface area contributed by atoms with Crippen LogP contribution in [0.2, 0.25) is 0 Å². The maximum absolute atomic E-state index is 13.1. The van der Waals surface area contributed by atoms with Crippen molar-refractivity contribution in [1.29, 1.82) is 0 Å². The first-order chi connectivity index (χ1) is 14.8. The Morgan fingerprint density at radius 3 is 2.68 bits per heavy atom. The Morgan fingerprint density at radius 2 is 1.97 bits per heavy atom. The van der Waals surface area contributed by atoms with Crippen molar-refractivity contribution in [1.82, 2.24) is 15.5 Å². The maximum atomic E-state index is 13.1. The Bertz CT molecular complexity index is 886. The van der Waals surface area contributed by atoms with E-state index in [9.17, 15) is 14.4 Å². The van der Waals surface area contributed by atoms with E-state index in [0.29, 0.717) is 31.1 Å². The average molecular weight is 430 g/mol. The van der Waals surface area contributed by atoms with E-state index in [2.05, 4.69) is 10.6 Å². The first kappa shape index (κ1) is 21.5. The topological polar surface area (TPSA) is 97.0 Å². The summed E-state index contributed by atoms with van der Waals surface area (Å²) in [5.74, 6) is 0.866. The van der Waals surface area contributed by atoms with Crippen LogP contribution in [-0.2, 0) is 9.59 Å². The third kappa shape index (κ3) is 3.95. The normalized spacial score (nSPS) is 26.2. The number of imide groups is 1. The van der Waals surface area contributed by atoms with E-state index in [4.69, 9.17) is 9.47 Å². The van der Waals surface area contributed by atoms with Crippen molar-refractivity contribution < 1.29 is 23.9 Å². The molecule has 1 aromatic rings. The van der Waals surface area contributed by atoms with Gasteiger partial charge in [0, 0.05) is 0 Å². The minimum Gasteiger partial charge on any atom is -0.486 e. The highest BCUT2D eigenvalue weighted by Crippen LogP contribution is 2.38. The highest BCUT2D eigenvalue weighted by molar-refractivity contribution is 6.09. The second-order valence-electron chi connectivity index (χ2n) is 9.13. The Kier molecular flexibility index (Phi) is 5.81. The zero-order chi connectivity index (χ0) is 22.2. The summed E-state index contributed by atoms with van der Waals surface area (Å²) in [6, 6.07) is 4.87. The van der Waals surface area contributed by atoms with Crippen LogP contribution in [0.5, 0.6) is 11.5 Å². The lowest BCUT2D eigenvalue weighted by Crippen LogP contribution is -2.54. The molecule has 2 heterocycles.